The van der Waals surface area contributed by atoms with Gasteiger partial charge in [-0.15, -0.1) is 0 Å². The molecule has 12 heteroatoms. The van der Waals surface area contributed by atoms with E-state index in [1.54, 1.807) is 13.2 Å². The largest absolute Gasteiger partial charge is 0.490 e. The second-order valence-electron chi connectivity index (χ2n) is 6.02. The zero-order valence-corrected chi connectivity index (χ0v) is 15.0. The zero-order chi connectivity index (χ0) is 21.7. The van der Waals surface area contributed by atoms with E-state index < -0.39 is 29.5 Å². The molecule has 1 unspecified atom stereocenters. The molecule has 9 nitrogen and oxygen atoms in total. The summed E-state index contributed by atoms with van der Waals surface area (Å²) in [5, 5.41) is 7.12. The molecule has 0 saturated heterocycles. The quantitative estimate of drug-likeness (QED) is 0.646. The lowest BCUT2D eigenvalue weighted by Gasteiger charge is -2.31. The first-order valence-corrected chi connectivity index (χ1v) is 7.79. The number of fused-ring (bicyclic) bond motifs is 1. The molecule has 154 valence electrons. The van der Waals surface area contributed by atoms with Gasteiger partial charge in [-0.1, -0.05) is 0 Å². The summed E-state index contributed by atoms with van der Waals surface area (Å²) in [6.45, 7) is 1.84. The summed E-state index contributed by atoms with van der Waals surface area (Å²) in [5.74, 6) is -3.85. The molecule has 0 radical (unpaired) electrons. The predicted octanol–water partition coefficient (Wildman–Crippen LogP) is 0.438. The third kappa shape index (κ3) is 5.74. The van der Waals surface area contributed by atoms with Crippen molar-refractivity contribution >= 4 is 24.0 Å². The maximum atomic E-state index is 11.9. The molecule has 0 bridgehead atoms. The fourth-order valence-corrected chi connectivity index (χ4v) is 2.39. The first-order chi connectivity index (χ1) is 12.8. The van der Waals surface area contributed by atoms with Crippen molar-refractivity contribution < 1.29 is 37.4 Å². The highest BCUT2D eigenvalue weighted by atomic mass is 19.4. The Hall–Kier alpha value is -3.02. The number of hydrogen-bond acceptors (Lipinski definition) is 6. The topological polar surface area (TPSA) is 158 Å². The number of halogens is 3. The van der Waals surface area contributed by atoms with Crippen LogP contribution in [0.2, 0.25) is 0 Å². The average molecular weight is 404 g/mol. The number of primary amides is 2. The number of aromatic nitrogens is 1. The number of amides is 2. The van der Waals surface area contributed by atoms with Gasteiger partial charge < -0.3 is 21.3 Å². The summed E-state index contributed by atoms with van der Waals surface area (Å²) in [6, 6.07) is 1.63. The number of aliphatic carboxylic acids is 1. The summed E-state index contributed by atoms with van der Waals surface area (Å²) in [7, 11) is 1.56. The number of alkyl halides is 3. The number of ether oxygens (including phenoxy) is 1. The molecule has 0 spiro atoms. The normalized spacial score (nSPS) is 19.0. The van der Waals surface area contributed by atoms with Crippen molar-refractivity contribution in [3.05, 3.63) is 29.1 Å². The minimum absolute atomic E-state index is 0.177. The molecule has 1 aromatic rings. The highest BCUT2D eigenvalue weighted by Gasteiger charge is 2.40. The molecule has 1 aliphatic heterocycles. The van der Waals surface area contributed by atoms with Gasteiger partial charge in [0.1, 0.15) is 5.54 Å². The minimum Gasteiger partial charge on any atom is -0.475 e. The van der Waals surface area contributed by atoms with Gasteiger partial charge in [0.2, 0.25) is 11.8 Å². The van der Waals surface area contributed by atoms with Gasteiger partial charge in [0.15, 0.2) is 0 Å². The predicted molar refractivity (Wildman–Crippen MR) is 90.8 cm³/mol. The summed E-state index contributed by atoms with van der Waals surface area (Å²) in [6.07, 6.45) is -1.73. The van der Waals surface area contributed by atoms with E-state index in [-0.39, 0.29) is 12.5 Å². The van der Waals surface area contributed by atoms with Crippen LogP contribution in [0.15, 0.2) is 17.3 Å². The lowest BCUT2D eigenvalue weighted by molar-refractivity contribution is -0.192. The van der Waals surface area contributed by atoms with E-state index in [2.05, 4.69) is 9.98 Å². The fraction of sp³-hybridized carbons (Fsp3) is 0.438. The average Bonchev–Trinajstić information content (AvgIpc) is 2.60. The number of rotatable bonds is 5. The van der Waals surface area contributed by atoms with Crippen LogP contribution >= 0.6 is 0 Å². The second kappa shape index (κ2) is 8.78. The monoisotopic (exact) mass is 404 g/mol. The molecule has 2 rings (SSSR count). The van der Waals surface area contributed by atoms with Gasteiger partial charge in [-0.2, -0.15) is 13.2 Å². The number of carbonyl (C=O) groups excluding carboxylic acids is 2. The zero-order valence-electron chi connectivity index (χ0n) is 15.0. The van der Waals surface area contributed by atoms with Crippen LogP contribution in [0.3, 0.4) is 0 Å². The van der Waals surface area contributed by atoms with Crippen molar-refractivity contribution in [2.75, 3.05) is 7.11 Å². The Morgan fingerprint density at radius 1 is 1.36 bits per heavy atom. The van der Waals surface area contributed by atoms with Gasteiger partial charge in [0.05, 0.1) is 17.4 Å². The number of carboxylic acids is 1. The van der Waals surface area contributed by atoms with Crippen LogP contribution in [-0.2, 0) is 20.7 Å². The number of pyridine rings is 1. The Labute approximate surface area is 157 Å². The van der Waals surface area contributed by atoms with Crippen molar-refractivity contribution in [2.24, 2.45) is 16.5 Å². The maximum Gasteiger partial charge on any atom is 0.490 e. The van der Waals surface area contributed by atoms with Gasteiger partial charge >= 0.3 is 12.1 Å². The number of carbonyl (C=O) groups is 3. The second-order valence-corrected chi connectivity index (χ2v) is 6.02. The van der Waals surface area contributed by atoms with Crippen LogP contribution in [0.25, 0.3) is 0 Å². The summed E-state index contributed by atoms with van der Waals surface area (Å²) in [4.78, 5) is 40.5. The molecule has 2 heterocycles. The van der Waals surface area contributed by atoms with E-state index in [4.69, 9.17) is 26.1 Å². The molecule has 1 aliphatic rings. The van der Waals surface area contributed by atoms with E-state index in [0.29, 0.717) is 17.7 Å². The maximum absolute atomic E-state index is 11.9. The van der Waals surface area contributed by atoms with Crippen molar-refractivity contribution in [3.8, 4) is 0 Å². The summed E-state index contributed by atoms with van der Waals surface area (Å²) >= 11 is 0. The number of carboxylic acid groups (broad SMARTS) is 1. The van der Waals surface area contributed by atoms with Crippen molar-refractivity contribution in [2.45, 2.75) is 37.6 Å². The third-order valence-corrected chi connectivity index (χ3v) is 3.93. The van der Waals surface area contributed by atoms with Crippen molar-refractivity contribution in [3.63, 3.8) is 0 Å². The van der Waals surface area contributed by atoms with Crippen LogP contribution < -0.4 is 11.5 Å². The highest BCUT2D eigenvalue weighted by Crippen LogP contribution is 2.29. The molecule has 1 aromatic heterocycles. The molecule has 0 saturated carbocycles. The number of aliphatic imine (C=N–C) groups is 1. The first-order valence-electron chi connectivity index (χ1n) is 7.79. The van der Waals surface area contributed by atoms with Gasteiger partial charge in [0.25, 0.3) is 0 Å². The first kappa shape index (κ1) is 23.0. The lowest BCUT2D eigenvalue weighted by Crippen LogP contribution is -2.48. The van der Waals surface area contributed by atoms with Crippen molar-refractivity contribution in [1.29, 1.82) is 0 Å². The van der Waals surface area contributed by atoms with E-state index in [1.807, 2.05) is 6.92 Å². The Morgan fingerprint density at radius 2 is 1.93 bits per heavy atom. The van der Waals surface area contributed by atoms with Crippen LogP contribution in [0, 0.1) is 0 Å². The number of methoxy groups -OCH3 is 1. The molecular weight excluding hydrogens is 385 g/mol. The molecule has 5 N–H and O–H groups in total. The number of nitrogens with two attached hydrogens (primary N) is 2. The van der Waals surface area contributed by atoms with E-state index in [9.17, 15) is 22.8 Å². The molecule has 2 amide bonds. The fourth-order valence-electron chi connectivity index (χ4n) is 2.39. The SMILES string of the molecule is CO[C@H](C)CC1(C(N)=O)Cc2cc(C(N)=O)cnc2C=N1.O=C(O)C(F)(F)F. The van der Waals surface area contributed by atoms with E-state index >= 15 is 0 Å². The Bertz CT molecular complexity index is 797. The Balaban J connectivity index is 0.000000480. The Morgan fingerprint density at radius 3 is 2.36 bits per heavy atom. The van der Waals surface area contributed by atoms with Gasteiger partial charge in [-0.3, -0.25) is 19.6 Å². The number of nitrogens with zero attached hydrogens (tertiary/aromatic N) is 2. The molecule has 2 atom stereocenters. The molecule has 28 heavy (non-hydrogen) atoms. The summed E-state index contributed by atoms with van der Waals surface area (Å²) < 4.78 is 36.9. The van der Waals surface area contributed by atoms with Crippen LogP contribution in [0.1, 0.15) is 35.0 Å². The standard InChI is InChI=1S/C14H18N4O3.C2HF3O2/c1-8(21-2)4-14(13(16)20)5-9-3-10(12(15)19)6-17-11(9)7-18-14;3-2(4,5)1(6)7/h3,6-8H,4-5H2,1-2H3,(H2,15,19)(H2,16,20);(H,6,7)/t8-,14?;/m1./s1. The minimum atomic E-state index is -5.08. The molecular formula is C16H19F3N4O5. The van der Waals surface area contributed by atoms with Crippen LogP contribution in [0.4, 0.5) is 13.2 Å². The van der Waals surface area contributed by atoms with Gasteiger partial charge in [-0.05, 0) is 18.6 Å². The highest BCUT2D eigenvalue weighted by molar-refractivity contribution is 5.95. The van der Waals surface area contributed by atoms with Crippen LogP contribution in [-0.4, -0.2) is 59.0 Å². The summed E-state index contributed by atoms with van der Waals surface area (Å²) in [5.41, 5.74) is 11.3. The van der Waals surface area contributed by atoms with Gasteiger partial charge in [-0.25, -0.2) is 4.79 Å². The third-order valence-electron chi connectivity index (χ3n) is 3.93. The number of hydrogen-bond donors (Lipinski definition) is 3. The smallest absolute Gasteiger partial charge is 0.475 e. The van der Waals surface area contributed by atoms with Gasteiger partial charge in [0, 0.05) is 32.4 Å². The Kier molecular flexibility index (Phi) is 7.22. The van der Waals surface area contributed by atoms with Crippen LogP contribution in [0.5, 0.6) is 0 Å². The molecule has 0 aromatic carbocycles. The lowest BCUT2D eigenvalue weighted by atomic mass is 9.83. The van der Waals surface area contributed by atoms with E-state index in [1.165, 1.54) is 12.4 Å². The van der Waals surface area contributed by atoms with E-state index in [0.717, 1.165) is 5.56 Å². The molecule has 0 aliphatic carbocycles. The molecule has 0 fully saturated rings. The van der Waals surface area contributed by atoms with Crippen molar-refractivity contribution in [1.82, 2.24) is 4.98 Å².